The number of ether oxygens (including phenoxy) is 1. The molecule has 12 heteroatoms. The van der Waals surface area contributed by atoms with Crippen molar-refractivity contribution in [3.63, 3.8) is 0 Å². The number of piperazine rings is 1. The van der Waals surface area contributed by atoms with E-state index in [9.17, 15) is 13.2 Å². The van der Waals surface area contributed by atoms with E-state index in [1.54, 1.807) is 25.3 Å². The Labute approximate surface area is 255 Å². The van der Waals surface area contributed by atoms with E-state index in [0.717, 1.165) is 42.7 Å². The first-order valence-electron chi connectivity index (χ1n) is 13.5. The molecule has 7 nitrogen and oxygen atoms in total. The fourth-order valence-electron chi connectivity index (χ4n) is 6.42. The van der Waals surface area contributed by atoms with Gasteiger partial charge in [0.25, 0.3) is 5.82 Å². The number of rotatable bonds is 7. The van der Waals surface area contributed by atoms with E-state index in [2.05, 4.69) is 73.9 Å². The van der Waals surface area contributed by atoms with Crippen LogP contribution in [-0.4, -0.2) is 68.8 Å². The van der Waals surface area contributed by atoms with Gasteiger partial charge in [-0.05, 0) is 59.1 Å². The molecule has 2 atom stereocenters. The SMILES string of the molecule is COc1ccc(-n2nnnc2C(F)(F)F)cc1CN1CC2CCCN2C(C(c2ccccc2)c2ccccc2)C1.Cl.Cl. The van der Waals surface area contributed by atoms with Gasteiger partial charge in [-0.25, -0.2) is 0 Å². The summed E-state index contributed by atoms with van der Waals surface area (Å²) in [6.45, 7) is 3.31. The van der Waals surface area contributed by atoms with Crippen LogP contribution in [0.4, 0.5) is 13.2 Å². The van der Waals surface area contributed by atoms with Gasteiger partial charge in [0.15, 0.2) is 0 Å². The average Bonchev–Trinajstić information content (AvgIpc) is 3.65. The van der Waals surface area contributed by atoms with E-state index in [4.69, 9.17) is 4.74 Å². The maximum atomic E-state index is 13.5. The maximum absolute atomic E-state index is 13.5. The summed E-state index contributed by atoms with van der Waals surface area (Å²) in [7, 11) is 1.58. The highest BCUT2D eigenvalue weighted by molar-refractivity contribution is 5.85. The second-order valence-corrected chi connectivity index (χ2v) is 10.5. The van der Waals surface area contributed by atoms with Gasteiger partial charge in [-0.1, -0.05) is 60.7 Å². The van der Waals surface area contributed by atoms with Crippen molar-refractivity contribution < 1.29 is 17.9 Å². The van der Waals surface area contributed by atoms with Crippen LogP contribution in [0.15, 0.2) is 78.9 Å². The summed E-state index contributed by atoms with van der Waals surface area (Å²) in [6, 6.07) is 26.9. The zero-order chi connectivity index (χ0) is 27.7. The monoisotopic (exact) mass is 620 g/mol. The largest absolute Gasteiger partial charge is 0.496 e. The van der Waals surface area contributed by atoms with Crippen molar-refractivity contribution in [2.45, 2.75) is 43.6 Å². The summed E-state index contributed by atoms with van der Waals surface area (Å²) in [5.41, 5.74) is 3.61. The molecule has 2 aliphatic heterocycles. The van der Waals surface area contributed by atoms with Crippen molar-refractivity contribution in [1.29, 1.82) is 0 Å². The lowest BCUT2D eigenvalue weighted by atomic mass is 9.82. The van der Waals surface area contributed by atoms with E-state index in [1.165, 1.54) is 11.1 Å². The van der Waals surface area contributed by atoms with Crippen molar-refractivity contribution in [1.82, 2.24) is 30.0 Å². The Balaban J connectivity index is 0.00000202. The molecular weight excluding hydrogens is 588 g/mol. The molecule has 3 heterocycles. The highest BCUT2D eigenvalue weighted by Crippen LogP contribution is 2.38. The van der Waals surface area contributed by atoms with Gasteiger partial charge in [0.05, 0.1) is 12.8 Å². The molecule has 3 aromatic carbocycles. The van der Waals surface area contributed by atoms with Gasteiger partial charge < -0.3 is 4.74 Å². The topological polar surface area (TPSA) is 59.3 Å². The highest BCUT2D eigenvalue weighted by atomic mass is 35.5. The quantitative estimate of drug-likeness (QED) is 0.252. The van der Waals surface area contributed by atoms with Crippen LogP contribution in [0, 0.1) is 0 Å². The summed E-state index contributed by atoms with van der Waals surface area (Å²) in [5.74, 6) is -0.343. The second kappa shape index (κ2) is 13.4. The lowest BCUT2D eigenvalue weighted by molar-refractivity contribution is -0.146. The Kier molecular flexibility index (Phi) is 10.1. The molecule has 0 bridgehead atoms. The third kappa shape index (κ3) is 6.41. The Morgan fingerprint density at radius 3 is 2.21 bits per heavy atom. The van der Waals surface area contributed by atoms with Gasteiger partial charge in [0.2, 0.25) is 0 Å². The number of methoxy groups -OCH3 is 1. The molecule has 0 N–H and O–H groups in total. The van der Waals surface area contributed by atoms with Crippen LogP contribution in [0.2, 0.25) is 0 Å². The Bertz CT molecular complexity index is 1400. The molecule has 1 aromatic heterocycles. The molecule has 42 heavy (non-hydrogen) atoms. The minimum absolute atomic E-state index is 0. The first-order valence-corrected chi connectivity index (χ1v) is 13.5. The van der Waals surface area contributed by atoms with Crippen LogP contribution in [-0.2, 0) is 12.7 Å². The molecule has 6 rings (SSSR count). The highest BCUT2D eigenvalue weighted by Gasteiger charge is 2.42. The minimum Gasteiger partial charge on any atom is -0.496 e. The fourth-order valence-corrected chi connectivity index (χ4v) is 6.42. The van der Waals surface area contributed by atoms with Crippen molar-refractivity contribution in [3.05, 3.63) is 101 Å². The molecule has 2 unspecified atom stereocenters. The fraction of sp³-hybridized carbons (Fsp3) is 0.367. The lowest BCUT2D eigenvalue weighted by Gasteiger charge is -2.47. The van der Waals surface area contributed by atoms with E-state index in [-0.39, 0.29) is 42.5 Å². The summed E-state index contributed by atoms with van der Waals surface area (Å²) in [6.07, 6.45) is -2.39. The number of hydrogen-bond donors (Lipinski definition) is 0. The second-order valence-electron chi connectivity index (χ2n) is 10.5. The van der Waals surface area contributed by atoms with Crippen molar-refractivity contribution in [2.75, 3.05) is 26.7 Å². The number of nitrogens with zero attached hydrogens (tertiary/aromatic N) is 6. The third-order valence-electron chi connectivity index (χ3n) is 8.09. The number of alkyl halides is 3. The minimum atomic E-state index is -4.67. The van der Waals surface area contributed by atoms with Gasteiger partial charge in [-0.3, -0.25) is 9.80 Å². The molecular formula is C30H33Cl2F3N6O. The van der Waals surface area contributed by atoms with E-state index in [1.807, 2.05) is 12.1 Å². The summed E-state index contributed by atoms with van der Waals surface area (Å²) in [5, 5.41) is 10.1. The van der Waals surface area contributed by atoms with Crippen LogP contribution in [0.1, 0.15) is 41.3 Å². The smallest absolute Gasteiger partial charge is 0.453 e. The van der Waals surface area contributed by atoms with Crippen molar-refractivity contribution in [2.24, 2.45) is 0 Å². The normalized spacial score (nSPS) is 19.2. The predicted molar refractivity (Wildman–Crippen MR) is 159 cm³/mol. The molecule has 2 aliphatic rings. The van der Waals surface area contributed by atoms with Crippen LogP contribution in [0.25, 0.3) is 5.69 Å². The molecule has 2 fully saturated rings. The molecule has 0 saturated carbocycles. The molecule has 224 valence electrons. The third-order valence-corrected chi connectivity index (χ3v) is 8.09. The Hall–Kier alpha value is -3.18. The Morgan fingerprint density at radius 2 is 1.60 bits per heavy atom. The van der Waals surface area contributed by atoms with Crippen LogP contribution in [0.5, 0.6) is 5.75 Å². The summed E-state index contributed by atoms with van der Waals surface area (Å²) in [4.78, 5) is 5.09. The summed E-state index contributed by atoms with van der Waals surface area (Å²) < 4.78 is 46.9. The van der Waals surface area contributed by atoms with Crippen molar-refractivity contribution in [3.8, 4) is 11.4 Å². The molecule has 2 saturated heterocycles. The van der Waals surface area contributed by atoms with Gasteiger partial charge in [-0.15, -0.1) is 29.9 Å². The number of benzene rings is 3. The zero-order valence-electron chi connectivity index (χ0n) is 23.0. The number of hydrogen-bond acceptors (Lipinski definition) is 6. The molecule has 4 aromatic rings. The molecule has 0 aliphatic carbocycles. The predicted octanol–water partition coefficient (Wildman–Crippen LogP) is 6.01. The molecule has 0 spiro atoms. The van der Waals surface area contributed by atoms with E-state index in [0.29, 0.717) is 18.3 Å². The first-order chi connectivity index (χ1) is 19.4. The van der Waals surface area contributed by atoms with Crippen LogP contribution in [0.3, 0.4) is 0 Å². The summed E-state index contributed by atoms with van der Waals surface area (Å²) >= 11 is 0. The number of halogens is 5. The van der Waals surface area contributed by atoms with E-state index >= 15 is 0 Å². The van der Waals surface area contributed by atoms with Gasteiger partial charge in [0, 0.05) is 43.2 Å². The zero-order valence-corrected chi connectivity index (χ0v) is 24.7. The van der Waals surface area contributed by atoms with Gasteiger partial charge >= 0.3 is 6.18 Å². The molecule has 0 radical (unpaired) electrons. The van der Waals surface area contributed by atoms with E-state index < -0.39 is 12.0 Å². The standard InChI is InChI=1S/C30H31F3N6O.2ClH/c1-40-27-15-14-24(39-29(30(31,32)33)34-35-36-39)17-23(27)18-37-19-25-13-8-16-38(25)26(20-37)28(21-9-4-2-5-10-21)22-11-6-3-7-12-22;;/h2-7,9-12,14-15,17,25-26,28H,8,13,16,18-20H2,1H3;2*1H. The van der Waals surface area contributed by atoms with Crippen molar-refractivity contribution >= 4 is 24.8 Å². The van der Waals surface area contributed by atoms with Crippen LogP contribution >= 0.6 is 24.8 Å². The maximum Gasteiger partial charge on any atom is 0.453 e. The first kappa shape index (κ1) is 31.7. The number of tetrazole rings is 1. The Morgan fingerprint density at radius 1 is 0.929 bits per heavy atom. The van der Waals surface area contributed by atoms with Crippen LogP contribution < -0.4 is 4.74 Å². The average molecular weight is 622 g/mol. The number of aromatic nitrogens is 4. The van der Waals surface area contributed by atoms with Gasteiger partial charge in [0.1, 0.15) is 5.75 Å². The van der Waals surface area contributed by atoms with Gasteiger partial charge in [-0.2, -0.15) is 17.9 Å². The molecule has 0 amide bonds. The lowest BCUT2D eigenvalue weighted by Crippen LogP contribution is -2.57. The number of fused-ring (bicyclic) bond motifs is 1.